The molecule has 0 fully saturated rings. The average molecular weight is 318 g/mol. The second-order valence-electron chi connectivity index (χ2n) is 4.28. The van der Waals surface area contributed by atoms with Gasteiger partial charge < -0.3 is 10.4 Å². The number of phenolic OH excluding ortho intramolecular Hbond substituents is 1. The first kappa shape index (κ1) is 15.4. The highest BCUT2D eigenvalue weighted by molar-refractivity contribution is 8.01. The monoisotopic (exact) mass is 318 g/mol. The maximum atomic E-state index is 10.9. The Morgan fingerprint density at radius 3 is 2.81 bits per heavy atom. The highest BCUT2D eigenvalue weighted by Crippen LogP contribution is 2.31. The lowest BCUT2D eigenvalue weighted by atomic mass is 10.3. The Bertz CT molecular complexity index is 684. The average Bonchev–Trinajstić information content (AvgIpc) is 2.86. The molecule has 0 bridgehead atoms. The van der Waals surface area contributed by atoms with Gasteiger partial charge in [0.05, 0.1) is 17.1 Å². The molecule has 0 aliphatic rings. The number of thiazole rings is 1. The smallest absolute Gasteiger partial charge is 0.217 e. The molecule has 108 valence electrons. The van der Waals surface area contributed by atoms with Crippen LogP contribution in [-0.2, 0) is 4.79 Å². The van der Waals surface area contributed by atoms with Crippen LogP contribution in [0.2, 0.25) is 0 Å². The topological polar surface area (TPSA) is 62.2 Å². The fourth-order valence-electron chi connectivity index (χ4n) is 1.50. The van der Waals surface area contributed by atoms with Crippen molar-refractivity contribution < 1.29 is 9.90 Å². The first-order chi connectivity index (χ1) is 10.0. The van der Waals surface area contributed by atoms with E-state index in [1.165, 1.54) is 30.0 Å². The van der Waals surface area contributed by atoms with Crippen molar-refractivity contribution >= 4 is 29.0 Å². The van der Waals surface area contributed by atoms with E-state index in [0.29, 0.717) is 0 Å². The summed E-state index contributed by atoms with van der Waals surface area (Å²) in [6.45, 7) is 3.30. The van der Waals surface area contributed by atoms with E-state index in [9.17, 15) is 9.90 Å². The number of benzene rings is 1. The molecular weight excluding hydrogens is 304 g/mol. The summed E-state index contributed by atoms with van der Waals surface area (Å²) >= 11 is 3.02. The Balaban J connectivity index is 2.00. The van der Waals surface area contributed by atoms with Crippen molar-refractivity contribution in [2.24, 2.45) is 0 Å². The third-order valence-corrected chi connectivity index (χ3v) is 4.35. The molecule has 0 aliphatic carbocycles. The number of phenols is 1. The van der Waals surface area contributed by atoms with Gasteiger partial charge in [0.2, 0.25) is 5.91 Å². The number of carbonyl (C=O) groups is 1. The van der Waals surface area contributed by atoms with Crippen LogP contribution in [0, 0.1) is 11.8 Å². The summed E-state index contributed by atoms with van der Waals surface area (Å²) < 4.78 is 0.886. The Labute approximate surface area is 131 Å². The Morgan fingerprint density at radius 1 is 1.43 bits per heavy atom. The number of hydrogen-bond donors (Lipinski definition) is 2. The summed E-state index contributed by atoms with van der Waals surface area (Å²) in [5.41, 5.74) is 0. The third kappa shape index (κ3) is 5.14. The molecule has 1 unspecified atom stereocenters. The van der Waals surface area contributed by atoms with Crippen LogP contribution in [0.25, 0.3) is 0 Å². The largest absolute Gasteiger partial charge is 0.508 e. The van der Waals surface area contributed by atoms with Gasteiger partial charge in [-0.05, 0) is 31.2 Å². The van der Waals surface area contributed by atoms with Crippen LogP contribution in [0.4, 0.5) is 0 Å². The Morgan fingerprint density at radius 2 is 2.14 bits per heavy atom. The molecule has 0 radical (unpaired) electrons. The molecule has 2 aromatic rings. The molecule has 0 saturated heterocycles. The van der Waals surface area contributed by atoms with E-state index >= 15 is 0 Å². The summed E-state index contributed by atoms with van der Waals surface area (Å²) in [7, 11) is 0. The third-order valence-electron chi connectivity index (χ3n) is 2.36. The normalized spacial score (nSPS) is 11.3. The number of nitrogens with one attached hydrogen (secondary N) is 1. The van der Waals surface area contributed by atoms with Crippen molar-refractivity contribution in [3.63, 3.8) is 0 Å². The molecule has 2 N–H and O–H groups in total. The second kappa shape index (κ2) is 7.16. The summed E-state index contributed by atoms with van der Waals surface area (Å²) in [4.78, 5) is 17.1. The number of hydrogen-bond acceptors (Lipinski definition) is 5. The Hall–Kier alpha value is -1.97. The zero-order valence-electron chi connectivity index (χ0n) is 11.6. The maximum absolute atomic E-state index is 10.9. The van der Waals surface area contributed by atoms with Crippen molar-refractivity contribution in [2.75, 3.05) is 0 Å². The van der Waals surface area contributed by atoms with Gasteiger partial charge in [-0.3, -0.25) is 4.79 Å². The van der Waals surface area contributed by atoms with Gasteiger partial charge in [-0.1, -0.05) is 34.9 Å². The minimum atomic E-state index is -0.183. The second-order valence-corrected chi connectivity index (χ2v) is 6.63. The molecule has 21 heavy (non-hydrogen) atoms. The highest BCUT2D eigenvalue weighted by Gasteiger charge is 2.03. The van der Waals surface area contributed by atoms with Gasteiger partial charge in [0.15, 0.2) is 4.34 Å². The van der Waals surface area contributed by atoms with E-state index in [0.717, 1.165) is 14.1 Å². The predicted molar refractivity (Wildman–Crippen MR) is 84.5 cm³/mol. The molecule has 0 spiro atoms. The van der Waals surface area contributed by atoms with E-state index in [2.05, 4.69) is 22.1 Å². The van der Waals surface area contributed by atoms with Gasteiger partial charge in [0, 0.05) is 11.8 Å². The molecule has 1 atom stereocenters. The number of nitrogens with zero attached hydrogens (tertiary/aromatic N) is 1. The summed E-state index contributed by atoms with van der Waals surface area (Å²) in [6.07, 6.45) is 1.72. The van der Waals surface area contributed by atoms with Crippen LogP contribution >= 0.6 is 23.1 Å². The molecule has 1 aromatic heterocycles. The molecule has 1 heterocycles. The summed E-state index contributed by atoms with van der Waals surface area (Å²) in [6, 6.07) is 6.78. The molecule has 0 saturated carbocycles. The zero-order valence-corrected chi connectivity index (χ0v) is 13.2. The van der Waals surface area contributed by atoms with Crippen molar-refractivity contribution in [3.8, 4) is 17.6 Å². The molecule has 1 amide bonds. The van der Waals surface area contributed by atoms with Gasteiger partial charge in [0.1, 0.15) is 5.75 Å². The molecule has 0 aliphatic heterocycles. The molecule has 4 nitrogen and oxygen atoms in total. The lowest BCUT2D eigenvalue weighted by Crippen LogP contribution is -2.28. The minimum Gasteiger partial charge on any atom is -0.508 e. The van der Waals surface area contributed by atoms with Crippen LogP contribution in [0.15, 0.2) is 39.7 Å². The van der Waals surface area contributed by atoms with Crippen molar-refractivity contribution in [3.05, 3.63) is 35.3 Å². The number of rotatable bonds is 3. The van der Waals surface area contributed by atoms with Gasteiger partial charge in [-0.25, -0.2) is 4.98 Å². The van der Waals surface area contributed by atoms with E-state index in [4.69, 9.17) is 0 Å². The minimum absolute atomic E-state index is 0.0929. The number of carbonyl (C=O) groups excluding carboxylic acids is 1. The van der Waals surface area contributed by atoms with Crippen LogP contribution in [-0.4, -0.2) is 22.0 Å². The van der Waals surface area contributed by atoms with Gasteiger partial charge in [0.25, 0.3) is 0 Å². The highest BCUT2D eigenvalue weighted by atomic mass is 32.2. The fourth-order valence-corrected chi connectivity index (χ4v) is 3.31. The number of amides is 1. The molecule has 1 aromatic carbocycles. The van der Waals surface area contributed by atoms with E-state index < -0.39 is 0 Å². The van der Waals surface area contributed by atoms with E-state index in [1.807, 2.05) is 19.1 Å². The van der Waals surface area contributed by atoms with Gasteiger partial charge >= 0.3 is 0 Å². The maximum Gasteiger partial charge on any atom is 0.217 e. The standard InChI is InChI=1S/C15H14N2O2S2/c1-10(17-11(2)18)3-6-14-9-16-15(21-14)20-13-7-4-12(19)5-8-13/h4-5,7-10,19H,1-2H3,(H,17,18). The molecule has 2 rings (SSSR count). The summed E-state index contributed by atoms with van der Waals surface area (Å²) in [5.74, 6) is 6.12. The van der Waals surface area contributed by atoms with Crippen molar-refractivity contribution in [1.29, 1.82) is 0 Å². The quantitative estimate of drug-likeness (QED) is 0.854. The van der Waals surface area contributed by atoms with Crippen molar-refractivity contribution in [1.82, 2.24) is 10.3 Å². The number of aromatic nitrogens is 1. The zero-order chi connectivity index (χ0) is 15.2. The fraction of sp³-hybridized carbons (Fsp3) is 0.200. The number of aromatic hydroxyl groups is 1. The van der Waals surface area contributed by atoms with Crippen LogP contribution in [0.5, 0.6) is 5.75 Å². The van der Waals surface area contributed by atoms with Gasteiger partial charge in [-0.15, -0.1) is 0 Å². The van der Waals surface area contributed by atoms with Gasteiger partial charge in [-0.2, -0.15) is 0 Å². The summed E-state index contributed by atoms with van der Waals surface area (Å²) in [5, 5.41) is 11.9. The Kier molecular flexibility index (Phi) is 5.26. The predicted octanol–water partition coefficient (Wildman–Crippen LogP) is 2.88. The lowest BCUT2D eigenvalue weighted by Gasteiger charge is -2.02. The van der Waals surface area contributed by atoms with Crippen LogP contribution in [0.3, 0.4) is 0 Å². The van der Waals surface area contributed by atoms with E-state index in [1.54, 1.807) is 18.3 Å². The van der Waals surface area contributed by atoms with Crippen molar-refractivity contribution in [2.45, 2.75) is 29.1 Å². The lowest BCUT2D eigenvalue weighted by molar-refractivity contribution is -0.119. The molecular formula is C15H14N2O2S2. The van der Waals surface area contributed by atoms with E-state index in [-0.39, 0.29) is 17.7 Å². The SMILES string of the molecule is CC(=O)NC(C)C#Cc1cnc(Sc2ccc(O)cc2)s1. The first-order valence-electron chi connectivity index (χ1n) is 6.24. The van der Waals surface area contributed by atoms with Crippen LogP contribution < -0.4 is 5.32 Å². The van der Waals surface area contributed by atoms with Crippen LogP contribution in [0.1, 0.15) is 18.7 Å². The molecule has 6 heteroatoms. The first-order valence-corrected chi connectivity index (χ1v) is 7.87.